The Morgan fingerprint density at radius 1 is 1.48 bits per heavy atom. The van der Waals surface area contributed by atoms with Crippen molar-refractivity contribution in [1.82, 2.24) is 19.8 Å². The van der Waals surface area contributed by atoms with Crippen LogP contribution in [0.25, 0.3) is 0 Å². The zero-order valence-electron chi connectivity index (χ0n) is 11.2. The van der Waals surface area contributed by atoms with E-state index in [0.717, 1.165) is 6.20 Å². The van der Waals surface area contributed by atoms with Crippen LogP contribution in [-0.2, 0) is 17.1 Å². The fraction of sp³-hybridized carbons (Fsp3) is 0.727. The van der Waals surface area contributed by atoms with Crippen molar-refractivity contribution in [3.05, 3.63) is 12.4 Å². The summed E-state index contributed by atoms with van der Waals surface area (Å²) in [6.45, 7) is -0.204. The standard InChI is InChI=1S/C11H15F3N4O2S/c1-18-3-8(2-16-18)21(19,20)17-6-9-4-10(9,7-15-5-9)11(12,13)14/h2-3,15,17H,4-7H2,1H3/t9-,10-/m1/s1. The van der Waals surface area contributed by atoms with Crippen LogP contribution in [0.3, 0.4) is 0 Å². The van der Waals surface area contributed by atoms with Crippen LogP contribution in [0.1, 0.15) is 6.42 Å². The molecule has 3 rings (SSSR count). The Morgan fingerprint density at radius 3 is 2.71 bits per heavy atom. The molecule has 1 aliphatic carbocycles. The number of piperidine rings is 1. The summed E-state index contributed by atoms with van der Waals surface area (Å²) in [5.41, 5.74) is -2.86. The summed E-state index contributed by atoms with van der Waals surface area (Å²) in [4.78, 5) is -0.0504. The maximum absolute atomic E-state index is 13.1. The van der Waals surface area contributed by atoms with Gasteiger partial charge in [-0.1, -0.05) is 0 Å². The maximum Gasteiger partial charge on any atom is 0.396 e. The molecule has 0 spiro atoms. The summed E-state index contributed by atoms with van der Waals surface area (Å²) < 4.78 is 67.2. The number of alkyl halides is 3. The van der Waals surface area contributed by atoms with Crippen LogP contribution in [0.2, 0.25) is 0 Å². The predicted molar refractivity (Wildman–Crippen MR) is 66.8 cm³/mol. The highest BCUT2D eigenvalue weighted by Gasteiger charge is 2.81. The lowest BCUT2D eigenvalue weighted by molar-refractivity contribution is -0.190. The second kappa shape index (κ2) is 4.20. The summed E-state index contributed by atoms with van der Waals surface area (Å²) in [6.07, 6.45) is -1.89. The van der Waals surface area contributed by atoms with Crippen molar-refractivity contribution in [1.29, 1.82) is 0 Å². The highest BCUT2D eigenvalue weighted by molar-refractivity contribution is 7.89. The predicted octanol–water partition coefficient (Wildman–Crippen LogP) is 0.240. The molecule has 0 radical (unpaired) electrons. The van der Waals surface area contributed by atoms with Gasteiger partial charge in [-0.25, -0.2) is 13.1 Å². The maximum atomic E-state index is 13.1. The third-order valence-corrected chi connectivity index (χ3v) is 5.91. The van der Waals surface area contributed by atoms with Crippen LogP contribution < -0.4 is 10.0 Å². The minimum Gasteiger partial charge on any atom is -0.315 e. The van der Waals surface area contributed by atoms with Gasteiger partial charge in [0.25, 0.3) is 0 Å². The van der Waals surface area contributed by atoms with Gasteiger partial charge in [0, 0.05) is 38.3 Å². The van der Waals surface area contributed by atoms with Crippen molar-refractivity contribution in [2.45, 2.75) is 17.5 Å². The molecule has 10 heteroatoms. The molecule has 0 aromatic carbocycles. The first-order chi connectivity index (χ1) is 9.62. The highest BCUT2D eigenvalue weighted by Crippen LogP contribution is 2.72. The van der Waals surface area contributed by atoms with Crippen molar-refractivity contribution in [3.63, 3.8) is 0 Å². The lowest BCUT2D eigenvalue weighted by Crippen LogP contribution is -2.37. The Hall–Kier alpha value is -1.13. The minimum absolute atomic E-state index is 0.0357. The summed E-state index contributed by atoms with van der Waals surface area (Å²) in [7, 11) is -2.28. The van der Waals surface area contributed by atoms with Crippen molar-refractivity contribution in [2.24, 2.45) is 17.9 Å². The SMILES string of the molecule is Cn1cc(S(=O)(=O)NC[C@@]23CNC[C@]2(C(F)(F)F)C3)cn1. The number of fused-ring (bicyclic) bond motifs is 1. The van der Waals surface area contributed by atoms with Crippen molar-refractivity contribution in [2.75, 3.05) is 19.6 Å². The second-order valence-electron chi connectivity index (χ2n) is 5.81. The molecular weight excluding hydrogens is 309 g/mol. The number of aryl methyl sites for hydroxylation is 1. The van der Waals surface area contributed by atoms with Gasteiger partial charge in [-0.05, 0) is 6.42 Å². The molecule has 118 valence electrons. The summed E-state index contributed by atoms with van der Waals surface area (Å²) in [5, 5.41) is 6.47. The van der Waals surface area contributed by atoms with E-state index in [9.17, 15) is 21.6 Å². The zero-order valence-corrected chi connectivity index (χ0v) is 12.1. The molecule has 1 aromatic rings. The van der Waals surface area contributed by atoms with E-state index in [1.165, 1.54) is 10.9 Å². The fourth-order valence-corrected chi connectivity index (χ4v) is 4.29. The highest BCUT2D eigenvalue weighted by atomic mass is 32.2. The molecule has 2 heterocycles. The van der Waals surface area contributed by atoms with Crippen LogP contribution in [0.5, 0.6) is 0 Å². The topological polar surface area (TPSA) is 76.0 Å². The number of rotatable bonds is 4. The molecule has 1 aromatic heterocycles. The average molecular weight is 324 g/mol. The Morgan fingerprint density at radius 2 is 2.19 bits per heavy atom. The molecule has 21 heavy (non-hydrogen) atoms. The lowest BCUT2D eigenvalue weighted by Gasteiger charge is -2.20. The first-order valence-corrected chi connectivity index (χ1v) is 7.86. The smallest absolute Gasteiger partial charge is 0.315 e. The molecule has 2 N–H and O–H groups in total. The largest absolute Gasteiger partial charge is 0.396 e. The second-order valence-corrected chi connectivity index (χ2v) is 7.58. The van der Waals surface area contributed by atoms with Gasteiger partial charge >= 0.3 is 6.18 Å². The molecule has 1 saturated carbocycles. The van der Waals surface area contributed by atoms with E-state index < -0.39 is 27.0 Å². The van der Waals surface area contributed by atoms with E-state index in [1.54, 1.807) is 7.05 Å². The van der Waals surface area contributed by atoms with E-state index in [1.807, 2.05) is 0 Å². The van der Waals surface area contributed by atoms with Gasteiger partial charge in [-0.2, -0.15) is 18.3 Å². The number of aromatic nitrogens is 2. The average Bonchev–Trinajstić information content (AvgIpc) is 2.72. The zero-order chi connectivity index (χ0) is 15.5. The number of hydrogen-bond donors (Lipinski definition) is 2. The Labute approximate surface area is 119 Å². The molecule has 6 nitrogen and oxygen atoms in total. The van der Waals surface area contributed by atoms with Crippen molar-refractivity contribution in [3.8, 4) is 0 Å². The van der Waals surface area contributed by atoms with Gasteiger partial charge in [0.1, 0.15) is 4.90 Å². The van der Waals surface area contributed by atoms with Crippen LogP contribution in [0.4, 0.5) is 13.2 Å². The van der Waals surface area contributed by atoms with Gasteiger partial charge < -0.3 is 5.32 Å². The van der Waals surface area contributed by atoms with E-state index in [-0.39, 0.29) is 31.0 Å². The van der Waals surface area contributed by atoms with Crippen LogP contribution in [0.15, 0.2) is 17.3 Å². The number of nitrogens with one attached hydrogen (secondary N) is 2. The lowest BCUT2D eigenvalue weighted by atomic mass is 9.96. The van der Waals surface area contributed by atoms with Gasteiger partial charge in [0.05, 0.1) is 11.6 Å². The van der Waals surface area contributed by atoms with E-state index in [4.69, 9.17) is 0 Å². The normalized spacial score (nSPS) is 32.2. The van der Waals surface area contributed by atoms with Crippen molar-refractivity contribution < 1.29 is 21.6 Å². The Kier molecular flexibility index (Phi) is 2.96. The third kappa shape index (κ3) is 2.08. The van der Waals surface area contributed by atoms with Crippen LogP contribution in [-0.4, -0.2) is 44.0 Å². The Bertz CT molecular complexity index is 671. The van der Waals surface area contributed by atoms with Gasteiger partial charge in [-0.3, -0.25) is 4.68 Å². The molecule has 0 unspecified atom stereocenters. The minimum atomic E-state index is -4.32. The molecule has 2 atom stereocenters. The first-order valence-electron chi connectivity index (χ1n) is 6.38. The first kappa shape index (κ1) is 14.8. The molecule has 1 saturated heterocycles. The molecule has 2 aliphatic rings. The van der Waals surface area contributed by atoms with Gasteiger partial charge in [-0.15, -0.1) is 0 Å². The van der Waals surface area contributed by atoms with Crippen LogP contribution in [0, 0.1) is 10.8 Å². The molecule has 1 aliphatic heterocycles. The van der Waals surface area contributed by atoms with Gasteiger partial charge in [0.15, 0.2) is 0 Å². The number of halogens is 3. The quantitative estimate of drug-likeness (QED) is 0.832. The molecule has 0 amide bonds. The fourth-order valence-electron chi connectivity index (χ4n) is 3.18. The Balaban J connectivity index is 1.75. The number of sulfonamides is 1. The molecular formula is C11H15F3N4O2S. The monoisotopic (exact) mass is 324 g/mol. The van der Waals surface area contributed by atoms with Crippen molar-refractivity contribution >= 4 is 10.0 Å². The number of nitrogens with zero attached hydrogens (tertiary/aromatic N) is 2. The number of hydrogen-bond acceptors (Lipinski definition) is 4. The van der Waals surface area contributed by atoms with E-state index in [2.05, 4.69) is 15.1 Å². The molecule has 0 bridgehead atoms. The summed E-state index contributed by atoms with van der Waals surface area (Å²) in [5.74, 6) is 0. The van der Waals surface area contributed by atoms with Crippen LogP contribution >= 0.6 is 0 Å². The van der Waals surface area contributed by atoms with Gasteiger partial charge in [0.2, 0.25) is 10.0 Å². The van der Waals surface area contributed by atoms with E-state index >= 15 is 0 Å². The molecule has 2 fully saturated rings. The summed E-state index contributed by atoms with van der Waals surface area (Å²) >= 11 is 0. The van der Waals surface area contributed by atoms with E-state index in [0.29, 0.717) is 0 Å². The summed E-state index contributed by atoms with van der Waals surface area (Å²) in [6, 6.07) is 0. The third-order valence-electron chi connectivity index (χ3n) is 4.56.